The van der Waals surface area contributed by atoms with Crippen molar-refractivity contribution in [1.82, 2.24) is 20.0 Å². The van der Waals surface area contributed by atoms with Crippen LogP contribution >= 0.6 is 0 Å². The van der Waals surface area contributed by atoms with Crippen molar-refractivity contribution in [2.45, 2.75) is 25.4 Å². The Morgan fingerprint density at radius 3 is 2.90 bits per heavy atom. The van der Waals surface area contributed by atoms with Crippen LogP contribution in [0.25, 0.3) is 11.4 Å². The van der Waals surface area contributed by atoms with Crippen LogP contribution in [0.1, 0.15) is 30.3 Å². The molecule has 1 aliphatic rings. The fourth-order valence-electron chi connectivity index (χ4n) is 3.51. The molecule has 1 saturated heterocycles. The van der Waals surface area contributed by atoms with Gasteiger partial charge in [0.2, 0.25) is 11.7 Å². The van der Waals surface area contributed by atoms with E-state index in [9.17, 15) is 4.79 Å². The van der Waals surface area contributed by atoms with Gasteiger partial charge in [-0.15, -0.1) is 0 Å². The van der Waals surface area contributed by atoms with Crippen molar-refractivity contribution >= 4 is 11.7 Å². The number of aromatic nitrogens is 3. The van der Waals surface area contributed by atoms with Gasteiger partial charge in [0.15, 0.2) is 0 Å². The molecule has 0 radical (unpaired) electrons. The van der Waals surface area contributed by atoms with Crippen molar-refractivity contribution in [2.75, 3.05) is 25.6 Å². The van der Waals surface area contributed by atoms with Gasteiger partial charge >= 0.3 is 0 Å². The van der Waals surface area contributed by atoms with Crippen molar-refractivity contribution in [3.8, 4) is 11.4 Å². The molecule has 1 atom stereocenters. The lowest BCUT2D eigenvalue weighted by Gasteiger charge is -2.21. The van der Waals surface area contributed by atoms with Gasteiger partial charge in [-0.1, -0.05) is 35.5 Å². The van der Waals surface area contributed by atoms with E-state index in [4.69, 9.17) is 9.26 Å². The van der Waals surface area contributed by atoms with Gasteiger partial charge in [-0.2, -0.15) is 4.98 Å². The SMILES string of the molecule is COCC(=O)Nc1ccc(-c2noc([C@H]3CCCN3Cc3ccccc3)n2)cn1. The highest BCUT2D eigenvalue weighted by Gasteiger charge is 2.30. The second-order valence-corrected chi connectivity index (χ2v) is 6.98. The molecular weight excluding hydrogens is 370 g/mol. The maximum Gasteiger partial charge on any atom is 0.251 e. The number of likely N-dealkylation sites (tertiary alicyclic amines) is 1. The summed E-state index contributed by atoms with van der Waals surface area (Å²) in [6.45, 7) is 1.86. The van der Waals surface area contributed by atoms with E-state index >= 15 is 0 Å². The third-order valence-corrected chi connectivity index (χ3v) is 4.88. The lowest BCUT2D eigenvalue weighted by atomic mass is 10.2. The number of hydrogen-bond donors (Lipinski definition) is 1. The molecule has 0 bridgehead atoms. The predicted octanol–water partition coefficient (Wildman–Crippen LogP) is 3.05. The fourth-order valence-corrected chi connectivity index (χ4v) is 3.51. The predicted molar refractivity (Wildman–Crippen MR) is 107 cm³/mol. The van der Waals surface area contributed by atoms with E-state index in [1.165, 1.54) is 12.7 Å². The van der Waals surface area contributed by atoms with Gasteiger partial charge in [0.25, 0.3) is 5.91 Å². The minimum Gasteiger partial charge on any atom is -0.375 e. The van der Waals surface area contributed by atoms with Crippen LogP contribution in [0.5, 0.6) is 0 Å². The normalized spacial score (nSPS) is 16.8. The van der Waals surface area contributed by atoms with Gasteiger partial charge in [-0.25, -0.2) is 4.98 Å². The summed E-state index contributed by atoms with van der Waals surface area (Å²) in [6.07, 6.45) is 3.72. The minimum atomic E-state index is -0.255. The second kappa shape index (κ2) is 8.93. The van der Waals surface area contributed by atoms with Crippen LogP contribution in [0.3, 0.4) is 0 Å². The van der Waals surface area contributed by atoms with E-state index in [2.05, 4.69) is 49.6 Å². The monoisotopic (exact) mass is 393 g/mol. The first-order valence-corrected chi connectivity index (χ1v) is 9.60. The van der Waals surface area contributed by atoms with E-state index in [1.807, 2.05) is 6.07 Å². The number of hydrogen-bond acceptors (Lipinski definition) is 7. The molecule has 1 aromatic carbocycles. The van der Waals surface area contributed by atoms with Crippen molar-refractivity contribution < 1.29 is 14.1 Å². The van der Waals surface area contributed by atoms with E-state index in [0.717, 1.165) is 31.5 Å². The highest BCUT2D eigenvalue weighted by atomic mass is 16.5. The maximum atomic E-state index is 11.6. The summed E-state index contributed by atoms with van der Waals surface area (Å²) in [5.74, 6) is 1.32. The smallest absolute Gasteiger partial charge is 0.251 e. The third kappa shape index (κ3) is 4.67. The van der Waals surface area contributed by atoms with E-state index in [0.29, 0.717) is 17.5 Å². The summed E-state index contributed by atoms with van der Waals surface area (Å²) < 4.78 is 10.4. The molecule has 0 saturated carbocycles. The Balaban J connectivity index is 1.44. The Bertz CT molecular complexity index is 942. The minimum absolute atomic E-state index is 0.0154. The lowest BCUT2D eigenvalue weighted by Crippen LogP contribution is -2.22. The standard InChI is InChI=1S/C21H23N5O3/c1-28-14-19(27)23-18-10-9-16(12-22-18)20-24-21(29-25-20)17-8-5-11-26(17)13-15-6-3-2-4-7-15/h2-4,6-7,9-10,12,17H,5,8,11,13-14H2,1H3,(H,22,23,27)/t17-/m1/s1. The first kappa shape index (κ1) is 19.2. The van der Waals surface area contributed by atoms with Gasteiger partial charge in [0.05, 0.1) is 6.04 Å². The molecule has 2 aromatic heterocycles. The van der Waals surface area contributed by atoms with Crippen LogP contribution in [0.4, 0.5) is 5.82 Å². The van der Waals surface area contributed by atoms with Gasteiger partial charge in [0.1, 0.15) is 12.4 Å². The molecule has 1 amide bonds. The summed E-state index contributed by atoms with van der Waals surface area (Å²) in [5, 5.41) is 6.79. The van der Waals surface area contributed by atoms with Gasteiger partial charge < -0.3 is 14.6 Å². The number of pyridine rings is 1. The molecule has 150 valence electrons. The molecule has 8 nitrogen and oxygen atoms in total. The highest BCUT2D eigenvalue weighted by Crippen LogP contribution is 2.33. The Kier molecular flexibility index (Phi) is 5.92. The average molecular weight is 393 g/mol. The quantitative estimate of drug-likeness (QED) is 0.659. The number of rotatable bonds is 7. The number of carbonyl (C=O) groups is 1. The van der Waals surface area contributed by atoms with Crippen LogP contribution in [0.15, 0.2) is 53.2 Å². The lowest BCUT2D eigenvalue weighted by molar-refractivity contribution is -0.119. The number of nitrogens with one attached hydrogen (secondary N) is 1. The topological polar surface area (TPSA) is 93.4 Å². The maximum absolute atomic E-state index is 11.6. The number of ether oxygens (including phenoxy) is 1. The summed E-state index contributed by atoms with van der Waals surface area (Å²) in [6, 6.07) is 14.0. The largest absolute Gasteiger partial charge is 0.375 e. The number of amides is 1. The zero-order valence-electron chi connectivity index (χ0n) is 16.2. The molecule has 1 aliphatic heterocycles. The molecule has 29 heavy (non-hydrogen) atoms. The molecule has 1 fully saturated rings. The van der Waals surface area contributed by atoms with Gasteiger partial charge in [0, 0.05) is 25.4 Å². The first-order valence-electron chi connectivity index (χ1n) is 9.60. The van der Waals surface area contributed by atoms with Crippen LogP contribution in [-0.4, -0.2) is 46.2 Å². The summed E-state index contributed by atoms with van der Waals surface area (Å²) in [5.41, 5.74) is 2.01. The zero-order valence-corrected chi connectivity index (χ0v) is 16.2. The summed E-state index contributed by atoms with van der Waals surface area (Å²) in [7, 11) is 1.47. The van der Waals surface area contributed by atoms with E-state index < -0.39 is 0 Å². The van der Waals surface area contributed by atoms with Crippen molar-refractivity contribution in [3.05, 3.63) is 60.1 Å². The Labute approximate surface area is 168 Å². The molecule has 1 N–H and O–H groups in total. The summed E-state index contributed by atoms with van der Waals surface area (Å²) >= 11 is 0. The number of carbonyl (C=O) groups excluding carboxylic acids is 1. The first-order chi connectivity index (χ1) is 14.2. The average Bonchev–Trinajstić information content (AvgIpc) is 3.39. The van der Waals surface area contributed by atoms with Gasteiger partial charge in [-0.05, 0) is 37.1 Å². The molecule has 0 spiro atoms. The number of methoxy groups -OCH3 is 1. The second-order valence-electron chi connectivity index (χ2n) is 6.98. The molecule has 3 heterocycles. The van der Waals surface area contributed by atoms with E-state index in [-0.39, 0.29) is 18.6 Å². The van der Waals surface area contributed by atoms with Gasteiger partial charge in [-0.3, -0.25) is 9.69 Å². The Morgan fingerprint density at radius 1 is 1.28 bits per heavy atom. The Hall–Kier alpha value is -3.10. The highest BCUT2D eigenvalue weighted by molar-refractivity contribution is 5.90. The molecule has 0 aliphatic carbocycles. The number of nitrogens with zero attached hydrogens (tertiary/aromatic N) is 4. The number of anilines is 1. The zero-order chi connectivity index (χ0) is 20.1. The van der Waals surface area contributed by atoms with Crippen molar-refractivity contribution in [3.63, 3.8) is 0 Å². The van der Waals surface area contributed by atoms with Crippen LogP contribution in [0.2, 0.25) is 0 Å². The van der Waals surface area contributed by atoms with Crippen molar-refractivity contribution in [1.29, 1.82) is 0 Å². The van der Waals surface area contributed by atoms with Crippen molar-refractivity contribution in [2.24, 2.45) is 0 Å². The molecular formula is C21H23N5O3. The third-order valence-electron chi connectivity index (χ3n) is 4.88. The summed E-state index contributed by atoms with van der Waals surface area (Å²) in [4.78, 5) is 22.8. The van der Waals surface area contributed by atoms with Crippen LogP contribution < -0.4 is 5.32 Å². The molecule has 4 rings (SSSR count). The van der Waals surface area contributed by atoms with Crippen LogP contribution in [0, 0.1) is 0 Å². The van der Waals surface area contributed by atoms with Crippen LogP contribution in [-0.2, 0) is 16.1 Å². The number of benzene rings is 1. The fraction of sp³-hybridized carbons (Fsp3) is 0.333. The molecule has 0 unspecified atom stereocenters. The molecule has 3 aromatic rings. The van der Waals surface area contributed by atoms with E-state index in [1.54, 1.807) is 18.3 Å². The molecule has 8 heteroatoms. The Morgan fingerprint density at radius 2 is 2.14 bits per heavy atom.